The maximum atomic E-state index is 13.2. The molecule has 5 nitrogen and oxygen atoms in total. The fraction of sp³-hybridized carbons (Fsp3) is 0.667. The number of morpholine rings is 1. The molecule has 3 rings (SSSR count). The van der Waals surface area contributed by atoms with E-state index in [1.54, 1.807) is 0 Å². The Bertz CT molecular complexity index is 489. The van der Waals surface area contributed by atoms with Crippen LogP contribution in [0.2, 0.25) is 5.15 Å². The van der Waals surface area contributed by atoms with Gasteiger partial charge in [0.1, 0.15) is 0 Å². The van der Waals surface area contributed by atoms with Gasteiger partial charge in [-0.15, -0.1) is 10.2 Å². The van der Waals surface area contributed by atoms with Gasteiger partial charge in [0.25, 0.3) is 6.43 Å². The molecule has 2 fully saturated rings. The summed E-state index contributed by atoms with van der Waals surface area (Å²) >= 11 is 5.67. The van der Waals surface area contributed by atoms with E-state index in [-0.39, 0.29) is 28.7 Å². The summed E-state index contributed by atoms with van der Waals surface area (Å²) in [5.41, 5.74) is -0.170. The van der Waals surface area contributed by atoms with Gasteiger partial charge in [-0.2, -0.15) is 0 Å². The Morgan fingerprint density at radius 1 is 1.45 bits per heavy atom. The Morgan fingerprint density at radius 3 is 3.10 bits per heavy atom. The summed E-state index contributed by atoms with van der Waals surface area (Å²) in [6.45, 7) is 2.60. The molecule has 1 aromatic rings. The average molecular weight is 305 g/mol. The third-order valence-electron chi connectivity index (χ3n) is 3.73. The second-order valence-electron chi connectivity index (χ2n) is 4.91. The van der Waals surface area contributed by atoms with Gasteiger partial charge in [-0.25, -0.2) is 8.78 Å². The zero-order chi connectivity index (χ0) is 14.1. The molecule has 20 heavy (non-hydrogen) atoms. The lowest BCUT2D eigenvalue weighted by atomic mass is 10.00. The van der Waals surface area contributed by atoms with Crippen molar-refractivity contribution in [1.82, 2.24) is 15.5 Å². The molecule has 0 spiro atoms. The van der Waals surface area contributed by atoms with E-state index in [9.17, 15) is 8.78 Å². The standard InChI is InChI=1S/C12H15ClF2N4O/c13-10-5-7(11(14)15)12(18-17-10)19-3-4-20-9-1-2-16-6-8(9)19/h5,8-9,11,16H,1-4,6H2/t8-,9+/m0/s1. The number of nitrogens with one attached hydrogen (secondary N) is 1. The van der Waals surface area contributed by atoms with Crippen molar-refractivity contribution < 1.29 is 13.5 Å². The molecule has 1 N–H and O–H groups in total. The fourth-order valence-corrected chi connectivity index (χ4v) is 2.97. The van der Waals surface area contributed by atoms with Crippen LogP contribution in [0, 0.1) is 0 Å². The SMILES string of the molecule is FC(F)c1cc(Cl)nnc1N1CCO[C@@H]2CCNC[C@@H]21. The van der Waals surface area contributed by atoms with Gasteiger partial charge in [0.05, 0.1) is 24.3 Å². The predicted molar refractivity (Wildman–Crippen MR) is 70.4 cm³/mol. The van der Waals surface area contributed by atoms with Crippen LogP contribution < -0.4 is 10.2 Å². The molecule has 0 radical (unpaired) electrons. The van der Waals surface area contributed by atoms with Gasteiger partial charge in [0.15, 0.2) is 11.0 Å². The Kier molecular flexibility index (Phi) is 4.00. The molecule has 0 amide bonds. The quantitative estimate of drug-likeness (QED) is 0.900. The van der Waals surface area contributed by atoms with Crippen LogP contribution in [0.1, 0.15) is 18.4 Å². The minimum atomic E-state index is -2.63. The van der Waals surface area contributed by atoms with Gasteiger partial charge in [-0.05, 0) is 19.0 Å². The Hall–Kier alpha value is -1.05. The molecule has 2 aliphatic rings. The van der Waals surface area contributed by atoms with Crippen LogP contribution in [-0.4, -0.2) is 48.6 Å². The zero-order valence-corrected chi connectivity index (χ0v) is 11.5. The van der Waals surface area contributed by atoms with E-state index >= 15 is 0 Å². The molecule has 110 valence electrons. The topological polar surface area (TPSA) is 50.3 Å². The van der Waals surface area contributed by atoms with Gasteiger partial charge in [-0.3, -0.25) is 0 Å². The van der Waals surface area contributed by atoms with Crippen LogP contribution in [0.4, 0.5) is 14.6 Å². The number of aromatic nitrogens is 2. The second kappa shape index (κ2) is 5.75. The molecule has 2 atom stereocenters. The number of hydrogen-bond acceptors (Lipinski definition) is 5. The first-order valence-electron chi connectivity index (χ1n) is 6.57. The van der Waals surface area contributed by atoms with Crippen molar-refractivity contribution >= 4 is 17.4 Å². The molecular formula is C12H15ClF2N4O. The highest BCUT2D eigenvalue weighted by Crippen LogP contribution is 2.32. The van der Waals surface area contributed by atoms with Crippen molar-refractivity contribution in [1.29, 1.82) is 0 Å². The van der Waals surface area contributed by atoms with E-state index in [0.717, 1.165) is 13.0 Å². The first-order chi connectivity index (χ1) is 9.66. The Balaban J connectivity index is 1.94. The van der Waals surface area contributed by atoms with Crippen LogP contribution in [-0.2, 0) is 4.74 Å². The first kappa shape index (κ1) is 13.9. The van der Waals surface area contributed by atoms with Gasteiger partial charge in [0, 0.05) is 13.1 Å². The lowest BCUT2D eigenvalue weighted by Crippen LogP contribution is -2.59. The molecule has 2 saturated heterocycles. The summed E-state index contributed by atoms with van der Waals surface area (Å²) in [7, 11) is 0. The molecule has 0 aliphatic carbocycles. The Labute approximate surface area is 120 Å². The number of anilines is 1. The third-order valence-corrected chi connectivity index (χ3v) is 3.92. The van der Waals surface area contributed by atoms with E-state index < -0.39 is 6.43 Å². The van der Waals surface area contributed by atoms with Crippen LogP contribution in [0.3, 0.4) is 0 Å². The molecule has 2 aliphatic heterocycles. The van der Waals surface area contributed by atoms with E-state index in [4.69, 9.17) is 16.3 Å². The van der Waals surface area contributed by atoms with Crippen molar-refractivity contribution in [2.24, 2.45) is 0 Å². The summed E-state index contributed by atoms with van der Waals surface area (Å²) in [5, 5.41) is 10.9. The van der Waals surface area contributed by atoms with Gasteiger partial charge in [0.2, 0.25) is 0 Å². The molecule has 0 saturated carbocycles. The van der Waals surface area contributed by atoms with E-state index in [2.05, 4.69) is 15.5 Å². The second-order valence-corrected chi connectivity index (χ2v) is 5.30. The highest BCUT2D eigenvalue weighted by Gasteiger charge is 2.36. The van der Waals surface area contributed by atoms with Crippen molar-refractivity contribution in [2.75, 3.05) is 31.1 Å². The van der Waals surface area contributed by atoms with Crippen molar-refractivity contribution in [3.63, 3.8) is 0 Å². The fourth-order valence-electron chi connectivity index (χ4n) is 2.81. The van der Waals surface area contributed by atoms with Crippen LogP contribution >= 0.6 is 11.6 Å². The van der Waals surface area contributed by atoms with E-state index in [0.29, 0.717) is 19.7 Å². The minimum absolute atomic E-state index is 0.00507. The number of hydrogen-bond donors (Lipinski definition) is 1. The van der Waals surface area contributed by atoms with Crippen molar-refractivity contribution in [3.8, 4) is 0 Å². The summed E-state index contributed by atoms with van der Waals surface area (Å²) in [6, 6.07) is 1.19. The third kappa shape index (κ3) is 2.57. The largest absolute Gasteiger partial charge is 0.374 e. The average Bonchev–Trinajstić information content (AvgIpc) is 2.46. The number of fused-ring (bicyclic) bond motifs is 1. The molecule has 0 bridgehead atoms. The molecule has 3 heterocycles. The van der Waals surface area contributed by atoms with E-state index in [1.807, 2.05) is 4.90 Å². The number of piperidine rings is 1. The summed E-state index contributed by atoms with van der Waals surface area (Å²) < 4.78 is 32.1. The van der Waals surface area contributed by atoms with Crippen molar-refractivity contribution in [3.05, 3.63) is 16.8 Å². The van der Waals surface area contributed by atoms with Gasteiger partial charge >= 0.3 is 0 Å². The highest BCUT2D eigenvalue weighted by atomic mass is 35.5. The van der Waals surface area contributed by atoms with Crippen LogP contribution in [0.15, 0.2) is 6.07 Å². The lowest BCUT2D eigenvalue weighted by molar-refractivity contribution is -0.00411. The normalized spacial score (nSPS) is 26.7. The van der Waals surface area contributed by atoms with Gasteiger partial charge in [-0.1, -0.05) is 11.6 Å². The summed E-state index contributed by atoms with van der Waals surface area (Å²) in [4.78, 5) is 1.87. The number of alkyl halides is 2. The molecule has 0 unspecified atom stereocenters. The van der Waals surface area contributed by atoms with Crippen LogP contribution in [0.5, 0.6) is 0 Å². The lowest BCUT2D eigenvalue weighted by Gasteiger charge is -2.44. The molecule has 8 heteroatoms. The highest BCUT2D eigenvalue weighted by molar-refractivity contribution is 6.29. The van der Waals surface area contributed by atoms with Crippen LogP contribution in [0.25, 0.3) is 0 Å². The smallest absolute Gasteiger partial charge is 0.267 e. The number of rotatable bonds is 2. The molecule has 0 aromatic carbocycles. The number of halogens is 3. The molecule has 1 aromatic heterocycles. The summed E-state index contributed by atoms with van der Waals surface area (Å²) in [6.07, 6.45) is -1.71. The monoisotopic (exact) mass is 304 g/mol. The maximum Gasteiger partial charge on any atom is 0.267 e. The number of nitrogens with zero attached hydrogens (tertiary/aromatic N) is 3. The first-order valence-corrected chi connectivity index (χ1v) is 6.95. The van der Waals surface area contributed by atoms with Gasteiger partial charge < -0.3 is 15.0 Å². The van der Waals surface area contributed by atoms with Crippen molar-refractivity contribution in [2.45, 2.75) is 25.0 Å². The maximum absolute atomic E-state index is 13.2. The predicted octanol–water partition coefficient (Wildman–Crippen LogP) is 1.63. The summed E-state index contributed by atoms with van der Waals surface area (Å²) in [5.74, 6) is 0.214. The number of ether oxygens (including phenoxy) is 1. The Morgan fingerprint density at radius 2 is 2.30 bits per heavy atom. The van der Waals surface area contributed by atoms with E-state index in [1.165, 1.54) is 6.07 Å². The molecular weight excluding hydrogens is 290 g/mol. The zero-order valence-electron chi connectivity index (χ0n) is 10.7. The minimum Gasteiger partial charge on any atom is -0.374 e.